The first kappa shape index (κ1) is 88.8. The third-order valence-corrected chi connectivity index (χ3v) is 17.2. The highest BCUT2D eigenvalue weighted by Gasteiger charge is 2.37. The molecule has 0 saturated carbocycles. The highest BCUT2D eigenvalue weighted by Crippen LogP contribution is 2.21. The van der Waals surface area contributed by atoms with Gasteiger partial charge in [-0.05, 0) is 109 Å². The van der Waals surface area contributed by atoms with Crippen LogP contribution in [0.2, 0.25) is 0 Å². The summed E-state index contributed by atoms with van der Waals surface area (Å²) in [7, 11) is 2.65. The number of phenolic OH excluding ortho intramolecular Hbond substituents is 3. The molecule has 26 nitrogen and oxygen atoms in total. The van der Waals surface area contributed by atoms with E-state index in [9.17, 15) is 78.6 Å². The summed E-state index contributed by atoms with van der Waals surface area (Å²) in [5.41, 5.74) is 2.08. The van der Waals surface area contributed by atoms with Crippen molar-refractivity contribution in [1.29, 1.82) is 0 Å². The number of cyclic esters (lactones) is 1. The lowest BCUT2D eigenvalue weighted by molar-refractivity contribution is -0.156. The highest BCUT2D eigenvalue weighted by atomic mass is 16.5. The smallest absolute Gasteiger partial charge is 0.330 e. The van der Waals surface area contributed by atoms with Gasteiger partial charge in [-0.1, -0.05) is 167 Å². The Bertz CT molecular complexity index is 3280. The lowest BCUT2D eigenvalue weighted by Gasteiger charge is -2.32. The Labute approximate surface area is 612 Å². The number of hydrogen-bond acceptors (Lipinski definition) is 18. The minimum atomic E-state index is -1.35. The molecule has 0 saturated heterocycles. The number of methoxy groups -OCH3 is 1. The molecule has 8 amide bonds. The van der Waals surface area contributed by atoms with Crippen molar-refractivity contribution in [1.82, 2.24) is 42.1 Å². The maximum Gasteiger partial charge on any atom is 0.330 e. The predicted molar refractivity (Wildman–Crippen MR) is 395 cm³/mol. The predicted octanol–water partition coefficient (Wildman–Crippen LogP) is 6.18. The first-order valence-corrected chi connectivity index (χ1v) is 36.1. The number of aliphatic hydroxyl groups excluding tert-OH is 3. The molecule has 1 aliphatic rings. The Morgan fingerprint density at radius 1 is 0.606 bits per heavy atom. The van der Waals surface area contributed by atoms with Gasteiger partial charge in [0, 0.05) is 38.5 Å². The number of phenols is 3. The molecule has 1 heterocycles. The summed E-state index contributed by atoms with van der Waals surface area (Å²) in [6.07, 6.45) is 20.2. The van der Waals surface area contributed by atoms with Crippen molar-refractivity contribution in [3.05, 3.63) is 138 Å². The summed E-state index contributed by atoms with van der Waals surface area (Å²) in [4.78, 5) is 132. The van der Waals surface area contributed by atoms with Gasteiger partial charge in [0.1, 0.15) is 48.0 Å². The molecule has 0 radical (unpaired) electrons. The number of aromatic hydroxyl groups is 3. The van der Waals surface area contributed by atoms with E-state index in [1.165, 1.54) is 74.0 Å². The fourth-order valence-corrected chi connectivity index (χ4v) is 11.0. The number of ether oxygens (including phenoxy) is 2. The standard InChI is InChI=1S/C46H65N5O10.C32H49N3O8/c1-7-8-9-10-11-12-13-14-39(55)48-36(25-31-15-20-34(52)21-16-31)38(54)27-41(57)50-42(29(2)3)44(58)47-33-19-24-40(56)49-43(30(4)5)45(59)51(6)37(46(60)61-28-33)26-32-17-22-35(53)23-18-32;1-5-6-7-8-9-10-11-12-28(39)34-26(19-23-13-16-25(37)17-14-23)27(38)20-29(40)35-31(22(2)3)32(42)33-24(21-36)15-18-30(41)43-4/h12-13,15-24,29-30,33,36-38,42-43,52-54H,7-11,14,25-28H2,1-6H3,(H,47,58)(H,48,55)(H,49,56)(H,50,57);10-11,13-18,22,24,26-27,31,36-38H,5-9,12,19-21H2,1-4H3,(H,33,42)(H,34,39)(H,35,40)/b13-12-,24-19+;11-10-,18-15+. The lowest BCUT2D eigenvalue weighted by atomic mass is 9.97. The van der Waals surface area contributed by atoms with Crippen molar-refractivity contribution in [2.24, 2.45) is 17.8 Å². The molecule has 0 bridgehead atoms. The number of esters is 2. The minimum absolute atomic E-state index is 0.0278. The summed E-state index contributed by atoms with van der Waals surface area (Å²) in [6, 6.07) is 11.0. The van der Waals surface area contributed by atoms with Gasteiger partial charge in [0.15, 0.2) is 0 Å². The number of hydrogen-bond donors (Lipinski definition) is 13. The zero-order valence-electron chi connectivity index (χ0n) is 62.0. The lowest BCUT2D eigenvalue weighted by Crippen LogP contribution is -2.56. The number of allylic oxidation sites excluding steroid dienone is 2. The molecule has 0 fully saturated rings. The molecule has 0 spiro atoms. The molecular weight excluding hydrogens is 1340 g/mol. The van der Waals surface area contributed by atoms with E-state index in [4.69, 9.17) is 4.74 Å². The third-order valence-electron chi connectivity index (χ3n) is 17.2. The summed E-state index contributed by atoms with van der Waals surface area (Å²) in [5.74, 6) is -6.66. The monoisotopic (exact) mass is 1450 g/mol. The van der Waals surface area contributed by atoms with Crippen molar-refractivity contribution < 1.29 is 88.1 Å². The summed E-state index contributed by atoms with van der Waals surface area (Å²) in [6.45, 7) is 13.8. The Hall–Kier alpha value is -9.40. The van der Waals surface area contributed by atoms with Crippen LogP contribution in [0.15, 0.2) is 121 Å². The molecule has 104 heavy (non-hydrogen) atoms. The fourth-order valence-electron chi connectivity index (χ4n) is 11.0. The number of rotatable bonds is 40. The van der Waals surface area contributed by atoms with Crippen molar-refractivity contribution in [2.75, 3.05) is 27.4 Å². The van der Waals surface area contributed by atoms with Crippen LogP contribution in [0.3, 0.4) is 0 Å². The van der Waals surface area contributed by atoms with Crippen LogP contribution in [0.1, 0.15) is 162 Å². The molecular formula is C78H114N8O18. The second-order valence-electron chi connectivity index (χ2n) is 27.1. The number of likely N-dealkylation sites (N-methyl/N-ethyl adjacent to an activating group) is 1. The molecule has 1 aliphatic heterocycles. The number of unbranched alkanes of at least 4 members (excludes halogenated alkanes) is 8. The van der Waals surface area contributed by atoms with Gasteiger partial charge in [0.05, 0.1) is 62.9 Å². The largest absolute Gasteiger partial charge is 0.508 e. The zero-order chi connectivity index (χ0) is 77.3. The SMILES string of the molecule is CCCCCC/C=C\CC(=O)NC(Cc1ccc(O)cc1)C(O)CC(=O)NC(C(=O)NC(/C=C/C(=O)OC)CO)C(C)C.CCCCCC/C=C\CC(=O)NC(Cc1ccc(O)cc1)C(O)CC(=O)NC(C(=O)NC1/C=C/C(=O)NC(C(C)C)C(=O)N(C)C(Cc2ccc(O)cc2)C(=O)OC1)C(C)C. The van der Waals surface area contributed by atoms with Gasteiger partial charge in [0.25, 0.3) is 0 Å². The van der Waals surface area contributed by atoms with E-state index in [-0.39, 0.29) is 73.0 Å². The van der Waals surface area contributed by atoms with Crippen molar-refractivity contribution in [2.45, 2.75) is 225 Å². The number of amides is 8. The van der Waals surface area contributed by atoms with Crippen LogP contribution in [0, 0.1) is 17.8 Å². The van der Waals surface area contributed by atoms with Crippen LogP contribution in [0.4, 0.5) is 0 Å². The topological polar surface area (TPSA) is 398 Å². The first-order chi connectivity index (χ1) is 49.5. The van der Waals surface area contributed by atoms with Gasteiger partial charge in [-0.15, -0.1) is 0 Å². The summed E-state index contributed by atoms with van der Waals surface area (Å²) >= 11 is 0. The second kappa shape index (κ2) is 48.5. The zero-order valence-corrected chi connectivity index (χ0v) is 62.0. The summed E-state index contributed by atoms with van der Waals surface area (Å²) < 4.78 is 10.2. The number of aliphatic hydroxyl groups is 3. The van der Waals surface area contributed by atoms with E-state index in [1.54, 1.807) is 90.1 Å². The van der Waals surface area contributed by atoms with Gasteiger partial charge in [-0.3, -0.25) is 38.4 Å². The number of nitrogens with zero attached hydrogens (tertiary/aromatic N) is 1. The minimum Gasteiger partial charge on any atom is -0.508 e. The molecule has 0 aromatic heterocycles. The van der Waals surface area contributed by atoms with Crippen molar-refractivity contribution >= 4 is 59.2 Å². The van der Waals surface area contributed by atoms with E-state index in [2.05, 4.69) is 55.8 Å². The Kier molecular flexibility index (Phi) is 41.4. The van der Waals surface area contributed by atoms with Gasteiger partial charge in [0.2, 0.25) is 47.3 Å². The van der Waals surface area contributed by atoms with Gasteiger partial charge in [-0.25, -0.2) is 9.59 Å². The van der Waals surface area contributed by atoms with Crippen LogP contribution < -0.4 is 37.2 Å². The molecule has 574 valence electrons. The maximum absolute atomic E-state index is 13.8. The third kappa shape index (κ3) is 34.7. The molecule has 3 aromatic carbocycles. The Morgan fingerprint density at radius 2 is 1.06 bits per heavy atom. The highest BCUT2D eigenvalue weighted by molar-refractivity contribution is 5.95. The van der Waals surface area contributed by atoms with Crippen LogP contribution in [0.25, 0.3) is 0 Å². The van der Waals surface area contributed by atoms with Crippen LogP contribution in [0.5, 0.6) is 17.2 Å². The number of benzene rings is 3. The fraction of sp³-hybridized carbons (Fsp3) is 0.538. The number of carbonyl (C=O) groups excluding carboxylic acids is 10. The maximum atomic E-state index is 13.8. The average Bonchev–Trinajstić information content (AvgIpc) is 0.834. The van der Waals surface area contributed by atoms with E-state index in [1.807, 2.05) is 12.2 Å². The number of carbonyl (C=O) groups is 10. The van der Waals surface area contributed by atoms with Crippen LogP contribution >= 0.6 is 0 Å². The van der Waals surface area contributed by atoms with Crippen molar-refractivity contribution in [3.8, 4) is 17.2 Å². The van der Waals surface area contributed by atoms with E-state index in [0.717, 1.165) is 75.5 Å². The van der Waals surface area contributed by atoms with Gasteiger partial charge in [-0.2, -0.15) is 0 Å². The second-order valence-corrected chi connectivity index (χ2v) is 27.1. The van der Waals surface area contributed by atoms with E-state index < -0.39 is 140 Å². The van der Waals surface area contributed by atoms with E-state index in [0.29, 0.717) is 11.1 Å². The quantitative estimate of drug-likeness (QED) is 0.0131. The molecule has 10 unspecified atom stereocenters. The normalized spacial score (nSPS) is 17.4. The molecule has 26 heteroatoms. The van der Waals surface area contributed by atoms with E-state index >= 15 is 0 Å². The van der Waals surface area contributed by atoms with Gasteiger partial charge < -0.3 is 82.2 Å². The molecule has 13 N–H and O–H groups in total. The van der Waals surface area contributed by atoms with Crippen molar-refractivity contribution in [3.63, 3.8) is 0 Å². The molecule has 3 aromatic rings. The molecule has 4 rings (SSSR count). The number of nitrogens with one attached hydrogen (secondary N) is 7. The van der Waals surface area contributed by atoms with Gasteiger partial charge >= 0.3 is 11.9 Å². The Morgan fingerprint density at radius 3 is 1.48 bits per heavy atom. The summed E-state index contributed by atoms with van der Waals surface area (Å²) in [5, 5.41) is 80.1. The average molecular weight is 1450 g/mol. The van der Waals surface area contributed by atoms with Crippen LogP contribution in [-0.2, 0) is 76.7 Å². The molecule has 10 atom stereocenters. The Balaban J connectivity index is 0.000000575. The molecule has 0 aliphatic carbocycles. The van der Waals surface area contributed by atoms with Crippen LogP contribution in [-0.4, -0.2) is 183 Å². The first-order valence-electron chi connectivity index (χ1n) is 36.1.